The molecule has 1 fully saturated rings. The van der Waals surface area contributed by atoms with Crippen molar-refractivity contribution < 1.29 is 18.4 Å². The van der Waals surface area contributed by atoms with Gasteiger partial charge in [-0.2, -0.15) is 4.31 Å². The van der Waals surface area contributed by atoms with Crippen molar-refractivity contribution in [2.24, 2.45) is 0 Å². The number of nitrogens with zero attached hydrogens (tertiary/aromatic N) is 2. The molecule has 0 atom stereocenters. The van der Waals surface area contributed by atoms with Crippen LogP contribution in [0.4, 0.5) is 5.69 Å². The van der Waals surface area contributed by atoms with E-state index in [4.69, 9.17) is 5.21 Å². The Morgan fingerprint density at radius 1 is 0.903 bits per heavy atom. The normalized spacial score (nSPS) is 15.2. The van der Waals surface area contributed by atoms with Crippen molar-refractivity contribution in [3.63, 3.8) is 0 Å². The topological polar surface area (TPSA) is 89.9 Å². The Kier molecular flexibility index (Phi) is 6.22. The van der Waals surface area contributed by atoms with E-state index >= 15 is 0 Å². The maximum Gasteiger partial charge on any atom is 0.274 e. The largest absolute Gasteiger partial charge is 0.369 e. The summed E-state index contributed by atoms with van der Waals surface area (Å²) in [5.74, 6) is -0.472. The molecule has 162 valence electrons. The number of fused-ring (bicyclic) bond motifs is 1. The van der Waals surface area contributed by atoms with Crippen molar-refractivity contribution in [3.8, 4) is 0 Å². The average Bonchev–Trinajstić information content (AvgIpc) is 2.82. The SMILES string of the molecule is O=C(NO)c1ccc(N2CCN(S(=O)(=O)CCc3cccc4ccccc34)CC2)cc1. The van der Waals surface area contributed by atoms with E-state index in [0.29, 0.717) is 38.2 Å². The first-order chi connectivity index (χ1) is 15.0. The second kappa shape index (κ2) is 9.05. The van der Waals surface area contributed by atoms with Gasteiger partial charge in [-0.3, -0.25) is 10.0 Å². The number of rotatable bonds is 6. The monoisotopic (exact) mass is 439 g/mol. The number of carbonyl (C=O) groups excluding carboxylic acids is 1. The maximum atomic E-state index is 12.9. The standard InChI is InChI=1S/C23H25N3O4S/c27-23(24-28)20-8-10-21(11-9-20)25-13-15-26(16-14-25)31(29,30)17-12-19-6-3-5-18-4-1-2-7-22(18)19/h1-11,28H,12-17H2,(H,24,27). The molecule has 0 unspecified atom stereocenters. The molecular formula is C23H25N3O4S. The molecule has 1 aliphatic rings. The molecule has 1 saturated heterocycles. The molecule has 3 aromatic carbocycles. The molecule has 1 heterocycles. The fourth-order valence-corrected chi connectivity index (χ4v) is 5.45. The Hall–Kier alpha value is -2.94. The minimum Gasteiger partial charge on any atom is -0.369 e. The Bertz CT molecular complexity index is 1170. The quantitative estimate of drug-likeness (QED) is 0.455. The third-order valence-electron chi connectivity index (χ3n) is 5.74. The van der Waals surface area contributed by atoms with Crippen LogP contribution in [-0.2, 0) is 16.4 Å². The van der Waals surface area contributed by atoms with E-state index in [2.05, 4.69) is 4.90 Å². The number of benzene rings is 3. The summed E-state index contributed by atoms with van der Waals surface area (Å²) >= 11 is 0. The number of piperazine rings is 1. The van der Waals surface area contributed by atoms with E-state index in [0.717, 1.165) is 22.0 Å². The van der Waals surface area contributed by atoms with Gasteiger partial charge in [-0.05, 0) is 47.0 Å². The predicted molar refractivity (Wildman–Crippen MR) is 121 cm³/mol. The lowest BCUT2D eigenvalue weighted by Gasteiger charge is -2.35. The van der Waals surface area contributed by atoms with Crippen LogP contribution < -0.4 is 10.4 Å². The molecule has 0 aliphatic carbocycles. The van der Waals surface area contributed by atoms with Gasteiger partial charge in [0.1, 0.15) is 0 Å². The Morgan fingerprint density at radius 3 is 2.29 bits per heavy atom. The molecule has 31 heavy (non-hydrogen) atoms. The smallest absolute Gasteiger partial charge is 0.274 e. The third kappa shape index (κ3) is 4.71. The van der Waals surface area contributed by atoms with E-state index in [1.165, 1.54) is 0 Å². The lowest BCUT2D eigenvalue weighted by atomic mass is 10.0. The second-order valence-electron chi connectivity index (χ2n) is 7.58. The molecule has 2 N–H and O–H groups in total. The highest BCUT2D eigenvalue weighted by atomic mass is 32.2. The number of anilines is 1. The molecule has 7 nitrogen and oxygen atoms in total. The molecule has 8 heteroatoms. The van der Waals surface area contributed by atoms with Gasteiger partial charge in [-0.1, -0.05) is 42.5 Å². The minimum atomic E-state index is -3.35. The third-order valence-corrected chi connectivity index (χ3v) is 7.61. The maximum absolute atomic E-state index is 12.9. The van der Waals surface area contributed by atoms with Crippen LogP contribution in [0.2, 0.25) is 0 Å². The Morgan fingerprint density at radius 2 is 1.58 bits per heavy atom. The highest BCUT2D eigenvalue weighted by molar-refractivity contribution is 7.89. The molecular weight excluding hydrogens is 414 g/mol. The van der Waals surface area contributed by atoms with E-state index in [1.807, 2.05) is 42.5 Å². The number of carbonyl (C=O) groups is 1. The number of sulfonamides is 1. The summed E-state index contributed by atoms with van der Waals surface area (Å²) in [5.41, 5.74) is 3.94. The van der Waals surface area contributed by atoms with Crippen molar-refractivity contribution in [1.82, 2.24) is 9.79 Å². The zero-order valence-electron chi connectivity index (χ0n) is 17.1. The van der Waals surface area contributed by atoms with Gasteiger partial charge in [0.2, 0.25) is 10.0 Å². The highest BCUT2D eigenvalue weighted by Crippen LogP contribution is 2.21. The summed E-state index contributed by atoms with van der Waals surface area (Å²) in [4.78, 5) is 13.5. The number of amides is 1. The lowest BCUT2D eigenvalue weighted by Crippen LogP contribution is -2.49. The molecule has 0 bridgehead atoms. The van der Waals surface area contributed by atoms with Crippen LogP contribution >= 0.6 is 0 Å². The van der Waals surface area contributed by atoms with Gasteiger partial charge in [0, 0.05) is 37.4 Å². The van der Waals surface area contributed by atoms with Gasteiger partial charge in [-0.15, -0.1) is 0 Å². The van der Waals surface area contributed by atoms with Gasteiger partial charge < -0.3 is 4.90 Å². The molecule has 0 aromatic heterocycles. The molecule has 0 radical (unpaired) electrons. The van der Waals surface area contributed by atoms with Crippen molar-refractivity contribution in [2.75, 3.05) is 36.8 Å². The Labute approximate surface area is 181 Å². The Balaban J connectivity index is 1.37. The van der Waals surface area contributed by atoms with Crippen LogP contribution in [-0.4, -0.2) is 55.8 Å². The molecule has 1 amide bonds. The van der Waals surface area contributed by atoms with Crippen molar-refractivity contribution in [3.05, 3.63) is 77.9 Å². The summed E-state index contributed by atoms with van der Waals surface area (Å²) in [7, 11) is -3.35. The summed E-state index contributed by atoms with van der Waals surface area (Å²) in [6, 6.07) is 20.9. The molecule has 4 rings (SSSR count). The number of nitrogens with one attached hydrogen (secondary N) is 1. The average molecular weight is 440 g/mol. The van der Waals surface area contributed by atoms with Gasteiger partial charge in [-0.25, -0.2) is 13.9 Å². The van der Waals surface area contributed by atoms with E-state index in [-0.39, 0.29) is 5.75 Å². The van der Waals surface area contributed by atoms with Gasteiger partial charge >= 0.3 is 0 Å². The van der Waals surface area contributed by atoms with E-state index in [9.17, 15) is 13.2 Å². The predicted octanol–water partition coefficient (Wildman–Crippen LogP) is 2.65. The lowest BCUT2D eigenvalue weighted by molar-refractivity contribution is 0.0706. The summed E-state index contributed by atoms with van der Waals surface area (Å²) < 4.78 is 27.4. The molecule has 0 spiro atoms. The fourth-order valence-electron chi connectivity index (χ4n) is 3.99. The number of aryl methyl sites for hydroxylation is 1. The van der Waals surface area contributed by atoms with Crippen molar-refractivity contribution >= 4 is 32.4 Å². The van der Waals surface area contributed by atoms with Crippen molar-refractivity contribution in [2.45, 2.75) is 6.42 Å². The number of hydrogen-bond acceptors (Lipinski definition) is 5. The number of hydrogen-bond donors (Lipinski definition) is 2. The van der Waals surface area contributed by atoms with Gasteiger partial charge in [0.15, 0.2) is 0 Å². The van der Waals surface area contributed by atoms with Gasteiger partial charge in [0.05, 0.1) is 5.75 Å². The van der Waals surface area contributed by atoms with E-state index in [1.54, 1.807) is 34.1 Å². The number of hydroxylamine groups is 1. The van der Waals surface area contributed by atoms with Crippen molar-refractivity contribution in [1.29, 1.82) is 0 Å². The zero-order valence-corrected chi connectivity index (χ0v) is 17.9. The van der Waals surface area contributed by atoms with E-state index < -0.39 is 15.9 Å². The second-order valence-corrected chi connectivity index (χ2v) is 9.67. The first-order valence-corrected chi connectivity index (χ1v) is 11.8. The summed E-state index contributed by atoms with van der Waals surface area (Å²) in [5, 5.41) is 10.9. The first-order valence-electron chi connectivity index (χ1n) is 10.2. The van der Waals surface area contributed by atoms with Crippen LogP contribution in [0.1, 0.15) is 15.9 Å². The molecule has 0 saturated carbocycles. The fraction of sp³-hybridized carbons (Fsp3) is 0.261. The summed E-state index contributed by atoms with van der Waals surface area (Å²) in [6.07, 6.45) is 0.484. The highest BCUT2D eigenvalue weighted by Gasteiger charge is 2.27. The summed E-state index contributed by atoms with van der Waals surface area (Å²) in [6.45, 7) is 2.02. The first kappa shape index (κ1) is 21.3. The van der Waals surface area contributed by atoms with Crippen LogP contribution in [0.25, 0.3) is 10.8 Å². The molecule has 1 aliphatic heterocycles. The molecule has 3 aromatic rings. The van der Waals surface area contributed by atoms with Crippen LogP contribution in [0.3, 0.4) is 0 Å². The zero-order chi connectivity index (χ0) is 21.8. The van der Waals surface area contributed by atoms with Crippen LogP contribution in [0.5, 0.6) is 0 Å². The van der Waals surface area contributed by atoms with Crippen LogP contribution in [0, 0.1) is 0 Å². The minimum absolute atomic E-state index is 0.0893. The van der Waals surface area contributed by atoms with Gasteiger partial charge in [0.25, 0.3) is 5.91 Å². The van der Waals surface area contributed by atoms with Crippen LogP contribution in [0.15, 0.2) is 66.7 Å².